The van der Waals surface area contributed by atoms with E-state index < -0.39 is 0 Å². The second-order valence-electron chi connectivity index (χ2n) is 9.58. The lowest BCUT2D eigenvalue weighted by atomic mass is 9.90. The molecule has 1 aromatic heterocycles. The third-order valence-electron chi connectivity index (χ3n) is 7.03. The number of Topliss-reactive ketones (excluding diaryl/α,β-unsaturated/α-hetero) is 1. The molecule has 2 heterocycles. The predicted octanol–water partition coefficient (Wildman–Crippen LogP) is 5.33. The molecule has 4 rings (SSSR count). The maximum atomic E-state index is 11.9. The summed E-state index contributed by atoms with van der Waals surface area (Å²) in [4.78, 5) is 21.5. The number of hydrogen-bond donors (Lipinski definition) is 0. The molecule has 1 atom stereocenters. The number of carbonyl (C=O) groups excluding carboxylic acids is 1. The summed E-state index contributed by atoms with van der Waals surface area (Å²) in [5.41, 5.74) is 3.28. The van der Waals surface area contributed by atoms with Crippen molar-refractivity contribution in [3.63, 3.8) is 0 Å². The molecule has 0 bridgehead atoms. The summed E-state index contributed by atoms with van der Waals surface area (Å²) < 4.78 is 0. The highest BCUT2D eigenvalue weighted by Gasteiger charge is 2.28. The molecule has 0 amide bonds. The largest absolute Gasteiger partial charge is 0.300 e. The Bertz CT molecular complexity index is 831. The van der Waals surface area contributed by atoms with Gasteiger partial charge in [-0.05, 0) is 68.3 Å². The Balaban J connectivity index is 1.44. The van der Waals surface area contributed by atoms with Crippen molar-refractivity contribution >= 4 is 5.78 Å². The first-order valence-electron chi connectivity index (χ1n) is 12.1. The molecular formula is C27H37N3O. The summed E-state index contributed by atoms with van der Waals surface area (Å²) >= 11 is 0. The van der Waals surface area contributed by atoms with Crippen LogP contribution in [0.25, 0.3) is 0 Å². The van der Waals surface area contributed by atoms with E-state index in [4.69, 9.17) is 0 Å². The zero-order valence-electron chi connectivity index (χ0n) is 19.0. The Morgan fingerprint density at radius 2 is 1.84 bits per heavy atom. The van der Waals surface area contributed by atoms with Gasteiger partial charge in [-0.1, -0.05) is 43.5 Å². The molecule has 166 valence electrons. The van der Waals surface area contributed by atoms with Gasteiger partial charge in [-0.2, -0.15) is 0 Å². The maximum Gasteiger partial charge on any atom is 0.159 e. The van der Waals surface area contributed by atoms with E-state index in [1.54, 1.807) is 6.92 Å². The highest BCUT2D eigenvalue weighted by atomic mass is 16.1. The third-order valence-corrected chi connectivity index (χ3v) is 7.03. The number of piperidine rings is 1. The molecule has 0 N–H and O–H groups in total. The molecule has 4 nitrogen and oxygen atoms in total. The van der Waals surface area contributed by atoms with E-state index in [1.807, 2.05) is 30.6 Å². The molecule has 2 fully saturated rings. The van der Waals surface area contributed by atoms with Crippen LogP contribution in [0.4, 0.5) is 0 Å². The molecule has 1 saturated heterocycles. The van der Waals surface area contributed by atoms with Gasteiger partial charge in [0.25, 0.3) is 0 Å². The third kappa shape index (κ3) is 6.47. The van der Waals surface area contributed by atoms with Crippen molar-refractivity contribution in [1.82, 2.24) is 14.8 Å². The highest BCUT2D eigenvalue weighted by molar-refractivity contribution is 5.94. The maximum absolute atomic E-state index is 11.9. The van der Waals surface area contributed by atoms with Crippen LogP contribution in [0.2, 0.25) is 0 Å². The van der Waals surface area contributed by atoms with Crippen molar-refractivity contribution < 1.29 is 4.79 Å². The highest BCUT2D eigenvalue weighted by Crippen LogP contribution is 2.28. The zero-order chi connectivity index (χ0) is 21.5. The molecule has 1 aromatic carbocycles. The molecule has 2 aromatic rings. The predicted molar refractivity (Wildman–Crippen MR) is 126 cm³/mol. The van der Waals surface area contributed by atoms with Crippen LogP contribution in [0.3, 0.4) is 0 Å². The molecule has 0 radical (unpaired) electrons. The number of nitrogens with zero attached hydrogens (tertiary/aromatic N) is 3. The van der Waals surface area contributed by atoms with Crippen LogP contribution in [0.15, 0.2) is 48.8 Å². The summed E-state index contributed by atoms with van der Waals surface area (Å²) in [6, 6.07) is 13.2. The van der Waals surface area contributed by atoms with Crippen molar-refractivity contribution in [2.75, 3.05) is 19.6 Å². The van der Waals surface area contributed by atoms with Gasteiger partial charge >= 0.3 is 0 Å². The quantitative estimate of drug-likeness (QED) is 0.542. The lowest BCUT2D eigenvalue weighted by Crippen LogP contribution is -2.46. The van der Waals surface area contributed by atoms with Crippen LogP contribution >= 0.6 is 0 Å². The van der Waals surface area contributed by atoms with Crippen LogP contribution in [-0.2, 0) is 13.1 Å². The van der Waals surface area contributed by atoms with Gasteiger partial charge in [-0.3, -0.25) is 14.7 Å². The first-order valence-corrected chi connectivity index (χ1v) is 12.1. The number of pyridine rings is 1. The smallest absolute Gasteiger partial charge is 0.159 e. The summed E-state index contributed by atoms with van der Waals surface area (Å²) in [7, 11) is 0. The van der Waals surface area contributed by atoms with E-state index in [0.717, 1.165) is 31.2 Å². The van der Waals surface area contributed by atoms with Crippen LogP contribution in [-0.4, -0.2) is 46.2 Å². The van der Waals surface area contributed by atoms with Crippen molar-refractivity contribution in [3.8, 4) is 0 Å². The van der Waals surface area contributed by atoms with Crippen LogP contribution in [0.5, 0.6) is 0 Å². The van der Waals surface area contributed by atoms with Gasteiger partial charge in [0, 0.05) is 50.2 Å². The van der Waals surface area contributed by atoms with E-state index in [9.17, 15) is 4.79 Å². The molecule has 2 aliphatic rings. The van der Waals surface area contributed by atoms with Crippen molar-refractivity contribution in [1.29, 1.82) is 0 Å². The fourth-order valence-electron chi connectivity index (χ4n) is 5.47. The molecule has 1 aliphatic carbocycles. The fraction of sp³-hybridized carbons (Fsp3) is 0.556. The number of benzene rings is 1. The van der Waals surface area contributed by atoms with E-state index in [2.05, 4.69) is 33.0 Å². The van der Waals surface area contributed by atoms with Crippen molar-refractivity contribution in [2.45, 2.75) is 71.0 Å². The molecule has 1 unspecified atom stereocenters. The number of aromatic nitrogens is 1. The zero-order valence-corrected chi connectivity index (χ0v) is 19.0. The molecular weight excluding hydrogens is 382 g/mol. The van der Waals surface area contributed by atoms with Crippen LogP contribution in [0.1, 0.15) is 73.4 Å². The van der Waals surface area contributed by atoms with Crippen molar-refractivity contribution in [3.05, 3.63) is 65.5 Å². The Morgan fingerprint density at radius 1 is 1.03 bits per heavy atom. The van der Waals surface area contributed by atoms with Crippen LogP contribution in [0, 0.1) is 5.92 Å². The van der Waals surface area contributed by atoms with Gasteiger partial charge in [-0.25, -0.2) is 0 Å². The minimum atomic E-state index is 0.135. The van der Waals surface area contributed by atoms with Crippen LogP contribution < -0.4 is 0 Å². The second-order valence-corrected chi connectivity index (χ2v) is 9.58. The van der Waals surface area contributed by atoms with E-state index in [0.29, 0.717) is 5.92 Å². The van der Waals surface area contributed by atoms with Gasteiger partial charge in [0.15, 0.2) is 5.78 Å². The molecule has 31 heavy (non-hydrogen) atoms. The summed E-state index contributed by atoms with van der Waals surface area (Å²) in [5, 5.41) is 0. The number of ketones is 1. The Kier molecular flexibility index (Phi) is 7.87. The number of likely N-dealkylation sites (tertiary alicyclic amines) is 1. The Morgan fingerprint density at radius 3 is 2.61 bits per heavy atom. The topological polar surface area (TPSA) is 36.4 Å². The van der Waals surface area contributed by atoms with Gasteiger partial charge < -0.3 is 4.90 Å². The lowest BCUT2D eigenvalue weighted by Gasteiger charge is -2.41. The molecule has 4 heteroatoms. The minimum Gasteiger partial charge on any atom is -0.300 e. The first-order chi connectivity index (χ1) is 15.2. The molecule has 0 spiro atoms. The monoisotopic (exact) mass is 419 g/mol. The van der Waals surface area contributed by atoms with Gasteiger partial charge in [0.2, 0.25) is 0 Å². The fourth-order valence-corrected chi connectivity index (χ4v) is 5.47. The lowest BCUT2D eigenvalue weighted by molar-refractivity contribution is 0.0771. The molecule has 1 saturated carbocycles. The summed E-state index contributed by atoms with van der Waals surface area (Å²) in [5.74, 6) is 0.847. The van der Waals surface area contributed by atoms with Gasteiger partial charge in [-0.15, -0.1) is 0 Å². The average molecular weight is 420 g/mol. The summed E-state index contributed by atoms with van der Waals surface area (Å²) in [6.45, 7) is 7.04. The second kappa shape index (κ2) is 11.0. The van der Waals surface area contributed by atoms with E-state index in [-0.39, 0.29) is 5.78 Å². The first kappa shape index (κ1) is 22.2. The average Bonchev–Trinajstić information content (AvgIpc) is 2.81. The normalized spacial score (nSPS) is 20.8. The van der Waals surface area contributed by atoms with E-state index in [1.165, 1.54) is 69.2 Å². The minimum absolute atomic E-state index is 0.135. The SMILES string of the molecule is CC(=O)c1cccc(CN(Cc2cccnc2)CC2CCCN(C3CCCCC3)C2)c1. The van der Waals surface area contributed by atoms with Gasteiger partial charge in [0.1, 0.15) is 0 Å². The Labute approximate surface area is 187 Å². The number of carbonyl (C=O) groups is 1. The van der Waals surface area contributed by atoms with E-state index >= 15 is 0 Å². The summed E-state index contributed by atoms with van der Waals surface area (Å²) in [6.07, 6.45) is 13.5. The van der Waals surface area contributed by atoms with Gasteiger partial charge in [0.05, 0.1) is 0 Å². The number of rotatable bonds is 8. The number of hydrogen-bond acceptors (Lipinski definition) is 4. The van der Waals surface area contributed by atoms with Crippen molar-refractivity contribution in [2.24, 2.45) is 5.92 Å². The molecule has 1 aliphatic heterocycles. The standard InChI is InChI=1S/C27H37N3O/c1-22(31)26-11-5-8-23(16-26)18-29(19-24-9-6-14-28-17-24)20-25-10-7-15-30(21-25)27-12-3-2-4-13-27/h5-6,8-9,11,14,16-17,25,27H,2-4,7,10,12-13,15,18-21H2,1H3. The Hall–Kier alpha value is -2.04.